The quantitative estimate of drug-likeness (QED) is 0.338. The van der Waals surface area contributed by atoms with Crippen LogP contribution in [0.15, 0.2) is 16.7 Å². The third kappa shape index (κ3) is 6.97. The van der Waals surface area contributed by atoms with Gasteiger partial charge < -0.3 is 23.4 Å². The standard InChI is InChI=1S/C28H47N2O5Si2/c1-27(2,3)25(34-36(7)8)23-22(35-37(9,10)28(4,5)6)14-12-20-21(29-33-24(20)23)13-11-19-15-17-30(18-16-19)26(31)32/h12,14,19,25H,11,13,15-18H2,1-10H3,(H,31,32). The Morgan fingerprint density at radius 3 is 2.32 bits per heavy atom. The number of aryl methyl sites for hydroxylation is 1. The molecule has 2 heterocycles. The van der Waals surface area contributed by atoms with E-state index in [2.05, 4.69) is 85.0 Å². The lowest BCUT2D eigenvalue weighted by Gasteiger charge is -2.39. The van der Waals surface area contributed by atoms with Crippen molar-refractivity contribution in [1.82, 2.24) is 10.1 Å². The molecule has 207 valence electrons. The third-order valence-electron chi connectivity index (χ3n) is 7.96. The number of likely N-dealkylation sites (tertiary alicyclic amines) is 1. The summed E-state index contributed by atoms with van der Waals surface area (Å²) >= 11 is 0. The molecule has 0 spiro atoms. The minimum Gasteiger partial charge on any atom is -0.543 e. The SMILES string of the molecule is C[Si](C)OC(c1c(O[Si](C)(C)C(C)(C)C)ccc2c(CCC3CCN(C(=O)O)CC3)noc12)C(C)(C)C. The highest BCUT2D eigenvalue weighted by atomic mass is 28.4. The Morgan fingerprint density at radius 1 is 1.19 bits per heavy atom. The van der Waals surface area contributed by atoms with Crippen LogP contribution in [0.1, 0.15) is 78.2 Å². The summed E-state index contributed by atoms with van der Waals surface area (Å²) in [7, 11) is -3.11. The molecule has 1 aromatic carbocycles. The molecule has 0 saturated carbocycles. The van der Waals surface area contributed by atoms with Crippen LogP contribution in [0.4, 0.5) is 4.79 Å². The molecule has 7 nitrogen and oxygen atoms in total. The number of fused-ring (bicyclic) bond motifs is 1. The van der Waals surface area contributed by atoms with Gasteiger partial charge in [-0.05, 0) is 80.4 Å². The summed E-state index contributed by atoms with van der Waals surface area (Å²) in [6.07, 6.45) is 2.59. The monoisotopic (exact) mass is 547 g/mol. The molecular weight excluding hydrogens is 500 g/mol. The lowest BCUT2D eigenvalue weighted by Crippen LogP contribution is -2.44. The molecule has 1 aliphatic heterocycles. The highest BCUT2D eigenvalue weighted by Gasteiger charge is 2.41. The molecular formula is C28H47N2O5Si2. The average molecular weight is 548 g/mol. The molecule has 37 heavy (non-hydrogen) atoms. The van der Waals surface area contributed by atoms with Gasteiger partial charge in [0, 0.05) is 18.5 Å². The predicted molar refractivity (Wildman–Crippen MR) is 153 cm³/mol. The van der Waals surface area contributed by atoms with E-state index < -0.39 is 23.5 Å². The molecule has 1 N–H and O–H groups in total. The summed E-state index contributed by atoms with van der Waals surface area (Å²) in [5.74, 6) is 1.35. The largest absolute Gasteiger partial charge is 0.543 e. The predicted octanol–water partition coefficient (Wildman–Crippen LogP) is 7.89. The van der Waals surface area contributed by atoms with Gasteiger partial charge >= 0.3 is 6.09 Å². The van der Waals surface area contributed by atoms with Gasteiger partial charge in [0.25, 0.3) is 0 Å². The fourth-order valence-electron chi connectivity index (χ4n) is 4.66. The smallest absolute Gasteiger partial charge is 0.407 e. The van der Waals surface area contributed by atoms with E-state index in [4.69, 9.17) is 13.4 Å². The van der Waals surface area contributed by atoms with Crippen LogP contribution in [0.2, 0.25) is 31.2 Å². The Labute approximate surface area is 225 Å². The van der Waals surface area contributed by atoms with Gasteiger partial charge in [0.05, 0.1) is 17.4 Å². The van der Waals surface area contributed by atoms with Crippen molar-refractivity contribution in [2.24, 2.45) is 11.3 Å². The van der Waals surface area contributed by atoms with Crippen molar-refractivity contribution >= 4 is 34.4 Å². The Bertz CT molecular complexity index is 1080. The van der Waals surface area contributed by atoms with Crippen molar-refractivity contribution in [2.75, 3.05) is 13.1 Å². The van der Waals surface area contributed by atoms with Gasteiger partial charge in [0.1, 0.15) is 5.75 Å². The topological polar surface area (TPSA) is 85.0 Å². The fourth-order valence-corrected chi connectivity index (χ4v) is 6.64. The molecule has 0 bridgehead atoms. The van der Waals surface area contributed by atoms with Gasteiger partial charge in [0.2, 0.25) is 17.4 Å². The van der Waals surface area contributed by atoms with Crippen LogP contribution in [0.5, 0.6) is 5.75 Å². The summed E-state index contributed by atoms with van der Waals surface area (Å²) in [5.41, 5.74) is 2.55. The van der Waals surface area contributed by atoms with E-state index in [-0.39, 0.29) is 16.6 Å². The number of carboxylic acid groups (broad SMARTS) is 1. The Balaban J connectivity index is 1.98. The fraction of sp³-hybridized carbons (Fsp3) is 0.714. The van der Waals surface area contributed by atoms with Gasteiger partial charge in [-0.15, -0.1) is 0 Å². The van der Waals surface area contributed by atoms with Gasteiger partial charge in [-0.3, -0.25) is 0 Å². The molecule has 0 aliphatic carbocycles. The van der Waals surface area contributed by atoms with Gasteiger partial charge in [-0.25, -0.2) is 4.79 Å². The number of rotatable bonds is 8. The minimum atomic E-state index is -2.11. The highest BCUT2D eigenvalue weighted by Crippen LogP contribution is 2.47. The summed E-state index contributed by atoms with van der Waals surface area (Å²) in [6, 6.07) is 4.20. The first-order valence-electron chi connectivity index (χ1n) is 13.6. The van der Waals surface area contributed by atoms with Crippen molar-refractivity contribution < 1.29 is 23.3 Å². The number of carbonyl (C=O) groups is 1. The molecule has 1 radical (unpaired) electrons. The van der Waals surface area contributed by atoms with E-state index in [0.29, 0.717) is 19.0 Å². The van der Waals surface area contributed by atoms with Crippen LogP contribution in [0.25, 0.3) is 11.0 Å². The molecule has 1 aromatic heterocycles. The molecule has 9 heteroatoms. The van der Waals surface area contributed by atoms with Crippen LogP contribution in [-0.2, 0) is 10.8 Å². The van der Waals surface area contributed by atoms with E-state index in [1.54, 1.807) is 0 Å². The first-order chi connectivity index (χ1) is 17.0. The Morgan fingerprint density at radius 2 is 1.81 bits per heavy atom. The highest BCUT2D eigenvalue weighted by molar-refractivity contribution is 6.74. The van der Waals surface area contributed by atoms with Crippen LogP contribution in [0, 0.1) is 11.3 Å². The normalized spacial score (nSPS) is 17.0. The minimum absolute atomic E-state index is 0.0601. The number of hydrogen-bond acceptors (Lipinski definition) is 5. The maximum absolute atomic E-state index is 11.2. The maximum atomic E-state index is 11.2. The second-order valence-corrected chi connectivity index (χ2v) is 20.1. The van der Waals surface area contributed by atoms with Gasteiger partial charge in [-0.1, -0.05) is 46.7 Å². The average Bonchev–Trinajstić information content (AvgIpc) is 3.17. The first-order valence-corrected chi connectivity index (χ1v) is 18.9. The van der Waals surface area contributed by atoms with E-state index >= 15 is 0 Å². The van der Waals surface area contributed by atoms with Crippen LogP contribution >= 0.6 is 0 Å². The molecule has 1 fully saturated rings. The van der Waals surface area contributed by atoms with Gasteiger partial charge in [-0.2, -0.15) is 0 Å². The Kier molecular flexibility index (Phi) is 8.91. The molecule has 1 atom stereocenters. The van der Waals surface area contributed by atoms with Crippen molar-refractivity contribution in [2.45, 2.75) is 105 Å². The zero-order valence-corrected chi connectivity index (χ0v) is 26.5. The van der Waals surface area contributed by atoms with E-state index in [1.807, 2.05) is 0 Å². The number of benzene rings is 1. The molecule has 1 amide bonds. The van der Waals surface area contributed by atoms with E-state index in [0.717, 1.165) is 53.7 Å². The van der Waals surface area contributed by atoms with Crippen LogP contribution < -0.4 is 4.43 Å². The second-order valence-electron chi connectivity index (χ2n) is 13.4. The zero-order chi connectivity index (χ0) is 27.8. The van der Waals surface area contributed by atoms with Crippen molar-refractivity contribution in [3.05, 3.63) is 23.4 Å². The number of amides is 1. The van der Waals surface area contributed by atoms with Crippen molar-refractivity contribution in [3.63, 3.8) is 0 Å². The number of aromatic nitrogens is 1. The number of hydrogen-bond donors (Lipinski definition) is 1. The lowest BCUT2D eigenvalue weighted by atomic mass is 9.83. The first kappa shape index (κ1) is 29.7. The molecule has 3 rings (SSSR count). The number of nitrogens with zero attached hydrogens (tertiary/aromatic N) is 2. The second kappa shape index (κ2) is 11.1. The maximum Gasteiger partial charge on any atom is 0.407 e. The van der Waals surface area contributed by atoms with Crippen LogP contribution in [0.3, 0.4) is 0 Å². The summed E-state index contributed by atoms with van der Waals surface area (Å²) < 4.78 is 19.6. The van der Waals surface area contributed by atoms with Gasteiger partial charge in [0.15, 0.2) is 5.58 Å². The van der Waals surface area contributed by atoms with Crippen LogP contribution in [-0.4, -0.2) is 51.7 Å². The lowest BCUT2D eigenvalue weighted by molar-refractivity contribution is 0.0850. The zero-order valence-electron chi connectivity index (χ0n) is 24.5. The summed E-state index contributed by atoms with van der Waals surface area (Å²) in [5, 5.41) is 14.9. The number of piperidine rings is 1. The van der Waals surface area contributed by atoms with Crippen molar-refractivity contribution in [3.8, 4) is 5.75 Å². The van der Waals surface area contributed by atoms with E-state index in [1.165, 1.54) is 4.90 Å². The molecule has 1 unspecified atom stereocenters. The molecule has 1 saturated heterocycles. The summed E-state index contributed by atoms with van der Waals surface area (Å²) in [6.45, 7) is 23.5. The molecule has 2 aromatic rings. The third-order valence-corrected chi connectivity index (χ3v) is 13.0. The van der Waals surface area contributed by atoms with E-state index in [9.17, 15) is 9.90 Å². The Hall–Kier alpha value is -1.85. The van der Waals surface area contributed by atoms with Crippen molar-refractivity contribution in [1.29, 1.82) is 0 Å². The molecule has 1 aliphatic rings. The summed E-state index contributed by atoms with van der Waals surface area (Å²) in [4.78, 5) is 12.7.